The molecule has 4 aliphatic rings. The Morgan fingerprint density at radius 1 is 0.656 bits per heavy atom. The van der Waals surface area contributed by atoms with Gasteiger partial charge in [0.05, 0.1) is 38.0 Å². The SMILES string of the molecule is COC(=O)N[C@H](C(=O)N1C[C@H]2CCC1(c1ncc(-c3ccc(-c4ccc(-c5cnc([C@]67CC[C@H](CN6C(=O)[C@@H](NC(=O)OC)C(C)C)C7)[nH]5)c5ocnc45)c4ncoc34)[nH]1)C2)C(C)C. The standard InChI is InChI=1S/C46H52N10O8/c1-23(2)33(53-43(59)61-5)39(57)55-19-25-11-13-45(55,15-25)41-47-17-31(51-41)29-9-7-27(35-37(29)63-21-49-35)28-8-10-30(38-36(28)50-22-64-38)32-18-48-42(52-32)46-14-12-26(16-46)20-56(46)40(58)34(24(3)4)54-44(60)62-6/h7-10,17-18,21-26,33-34H,11-16,19-20H2,1-6H3,(H,47,51)(H,48,52)(H,53,59)(H,54,60)/t25-,26-,33-,34-,45+,46?/m0/s1. The molecule has 6 heterocycles. The Morgan fingerprint density at radius 2 is 1.06 bits per heavy atom. The highest BCUT2D eigenvalue weighted by atomic mass is 16.5. The molecule has 0 radical (unpaired) electrons. The van der Waals surface area contributed by atoms with Gasteiger partial charge in [0.25, 0.3) is 0 Å². The van der Waals surface area contributed by atoms with Gasteiger partial charge in [-0.15, -0.1) is 0 Å². The van der Waals surface area contributed by atoms with Gasteiger partial charge < -0.3 is 48.7 Å². The first kappa shape index (κ1) is 41.3. The summed E-state index contributed by atoms with van der Waals surface area (Å²) in [5.41, 5.74) is 5.66. The Bertz CT molecular complexity index is 2620. The van der Waals surface area contributed by atoms with Gasteiger partial charge in [0.1, 0.15) is 45.8 Å². The minimum absolute atomic E-state index is 0.147. The van der Waals surface area contributed by atoms with Gasteiger partial charge in [0, 0.05) is 35.3 Å². The van der Waals surface area contributed by atoms with Gasteiger partial charge in [-0.3, -0.25) is 9.59 Å². The summed E-state index contributed by atoms with van der Waals surface area (Å²) in [7, 11) is 2.58. The largest absolute Gasteiger partial charge is 0.453 e. The summed E-state index contributed by atoms with van der Waals surface area (Å²) >= 11 is 0. The van der Waals surface area contributed by atoms with Crippen LogP contribution < -0.4 is 10.6 Å². The molecule has 2 aliphatic carbocycles. The van der Waals surface area contributed by atoms with Crippen LogP contribution in [0.25, 0.3) is 55.8 Å². The number of benzene rings is 2. The second-order valence-corrected chi connectivity index (χ2v) is 18.6. The third kappa shape index (κ3) is 6.42. The minimum atomic E-state index is -0.738. The van der Waals surface area contributed by atoms with Gasteiger partial charge >= 0.3 is 12.2 Å². The minimum Gasteiger partial charge on any atom is -0.453 e. The number of hydrogen-bond acceptors (Lipinski definition) is 12. The molecule has 2 aliphatic heterocycles. The van der Waals surface area contributed by atoms with Gasteiger partial charge in [0.15, 0.2) is 24.0 Å². The number of imidazole rings is 2. The van der Waals surface area contributed by atoms with Gasteiger partial charge in [-0.2, -0.15) is 0 Å². The molecule has 18 nitrogen and oxygen atoms in total. The first-order valence-corrected chi connectivity index (χ1v) is 22.0. The van der Waals surface area contributed by atoms with Crippen LogP contribution >= 0.6 is 0 Å². The maximum absolute atomic E-state index is 14.1. The van der Waals surface area contributed by atoms with Crippen LogP contribution in [0, 0.1) is 23.7 Å². The molecule has 2 aromatic carbocycles. The molecule has 334 valence electrons. The van der Waals surface area contributed by atoms with E-state index in [1.54, 1.807) is 12.4 Å². The second-order valence-electron chi connectivity index (χ2n) is 18.6. The molecule has 4 bridgehead atoms. The number of nitrogens with one attached hydrogen (secondary N) is 4. The zero-order valence-corrected chi connectivity index (χ0v) is 36.7. The molecule has 2 saturated carbocycles. The van der Waals surface area contributed by atoms with Crippen molar-refractivity contribution < 1.29 is 37.5 Å². The van der Waals surface area contributed by atoms with Crippen molar-refractivity contribution in [3.05, 3.63) is 61.1 Å². The molecule has 18 heteroatoms. The summed E-state index contributed by atoms with van der Waals surface area (Å²) in [5.74, 6) is 1.48. The maximum atomic E-state index is 14.1. The summed E-state index contributed by atoms with van der Waals surface area (Å²) < 4.78 is 21.8. The van der Waals surface area contributed by atoms with Crippen molar-refractivity contribution in [1.29, 1.82) is 0 Å². The monoisotopic (exact) mass is 872 g/mol. The Labute approximate surface area is 368 Å². The number of fused-ring (bicyclic) bond motifs is 6. The number of hydrogen-bond donors (Lipinski definition) is 4. The van der Waals surface area contributed by atoms with Crippen LogP contribution in [0.1, 0.15) is 77.9 Å². The van der Waals surface area contributed by atoms with Crippen molar-refractivity contribution in [2.75, 3.05) is 27.3 Å². The predicted molar refractivity (Wildman–Crippen MR) is 232 cm³/mol. The Kier molecular flexibility index (Phi) is 10.0. The molecule has 64 heavy (non-hydrogen) atoms. The van der Waals surface area contributed by atoms with Crippen molar-refractivity contribution in [3.8, 4) is 33.6 Å². The van der Waals surface area contributed by atoms with E-state index in [2.05, 4.69) is 30.6 Å². The van der Waals surface area contributed by atoms with Crippen molar-refractivity contribution in [1.82, 2.24) is 50.3 Å². The van der Waals surface area contributed by atoms with E-state index >= 15 is 0 Å². The number of nitrogens with zero attached hydrogens (tertiary/aromatic N) is 6. The van der Waals surface area contributed by atoms with Crippen LogP contribution in [0.15, 0.2) is 58.3 Å². The average Bonchev–Trinajstić information content (AvgIpc) is 4.15. The van der Waals surface area contributed by atoms with Crippen LogP contribution in [0.5, 0.6) is 0 Å². The fourth-order valence-electron chi connectivity index (χ4n) is 11.1. The summed E-state index contributed by atoms with van der Waals surface area (Å²) in [6, 6.07) is 6.43. The number of aromatic nitrogens is 6. The summed E-state index contributed by atoms with van der Waals surface area (Å²) in [4.78, 5) is 82.7. The normalized spacial score (nSPS) is 23.4. The first-order valence-electron chi connectivity index (χ1n) is 22.0. The highest BCUT2D eigenvalue weighted by Crippen LogP contribution is 2.54. The third-order valence-electron chi connectivity index (χ3n) is 14.3. The van der Waals surface area contributed by atoms with Crippen LogP contribution in [-0.4, -0.2) is 103 Å². The third-order valence-corrected chi connectivity index (χ3v) is 14.3. The van der Waals surface area contributed by atoms with Crippen molar-refractivity contribution in [2.24, 2.45) is 23.7 Å². The number of rotatable bonds is 11. The van der Waals surface area contributed by atoms with Crippen LogP contribution in [0.2, 0.25) is 0 Å². The molecule has 1 unspecified atom stereocenters. The molecule has 0 spiro atoms. The number of likely N-dealkylation sites (tertiary alicyclic amines) is 2. The van der Waals surface area contributed by atoms with E-state index in [9.17, 15) is 19.2 Å². The lowest BCUT2D eigenvalue weighted by atomic mass is 9.93. The zero-order valence-electron chi connectivity index (χ0n) is 36.7. The van der Waals surface area contributed by atoms with Crippen LogP contribution in [0.4, 0.5) is 9.59 Å². The quantitative estimate of drug-likeness (QED) is 0.105. The molecule has 4 fully saturated rings. The summed E-state index contributed by atoms with van der Waals surface area (Å²) in [6.07, 6.45) is 10.2. The van der Waals surface area contributed by atoms with Gasteiger partial charge in [-0.25, -0.2) is 29.5 Å². The number of methoxy groups -OCH3 is 2. The number of carbonyl (C=O) groups is 4. The average molecular weight is 873 g/mol. The van der Waals surface area contributed by atoms with Crippen LogP contribution in [-0.2, 0) is 30.1 Å². The number of oxazole rings is 2. The lowest BCUT2D eigenvalue weighted by Gasteiger charge is -2.40. The fourth-order valence-corrected chi connectivity index (χ4v) is 11.1. The Morgan fingerprint density at radius 3 is 1.44 bits per heavy atom. The van der Waals surface area contributed by atoms with Crippen LogP contribution in [0.3, 0.4) is 0 Å². The maximum Gasteiger partial charge on any atom is 0.407 e. The van der Waals surface area contributed by atoms with Gasteiger partial charge in [0.2, 0.25) is 11.8 Å². The molecule has 10 rings (SSSR count). The number of carbonyl (C=O) groups excluding carboxylic acids is 4. The first-order chi connectivity index (χ1) is 30.8. The van der Waals surface area contributed by atoms with E-state index in [4.69, 9.17) is 28.3 Å². The van der Waals surface area contributed by atoms with E-state index in [0.29, 0.717) is 58.8 Å². The van der Waals surface area contributed by atoms with Crippen molar-refractivity contribution >= 4 is 46.2 Å². The number of amides is 4. The number of alkyl carbamates (subject to hydrolysis) is 2. The lowest BCUT2D eigenvalue weighted by Crippen LogP contribution is -2.56. The molecule has 2 saturated heterocycles. The van der Waals surface area contributed by atoms with E-state index in [1.165, 1.54) is 27.0 Å². The Hall–Kier alpha value is -6.72. The smallest absolute Gasteiger partial charge is 0.407 e. The molecule has 6 aromatic rings. The van der Waals surface area contributed by atoms with Gasteiger partial charge in [-0.1, -0.05) is 39.8 Å². The van der Waals surface area contributed by atoms with E-state index in [-0.39, 0.29) is 23.7 Å². The number of aromatic amines is 2. The number of piperidine rings is 2. The van der Waals surface area contributed by atoms with E-state index in [1.807, 2.05) is 61.8 Å². The molecule has 4 aromatic heterocycles. The molecule has 4 amide bonds. The van der Waals surface area contributed by atoms with Gasteiger partial charge in [-0.05, 0) is 74.3 Å². The summed E-state index contributed by atoms with van der Waals surface area (Å²) in [6.45, 7) is 8.82. The predicted octanol–water partition coefficient (Wildman–Crippen LogP) is 6.85. The van der Waals surface area contributed by atoms with Crippen molar-refractivity contribution in [3.63, 3.8) is 0 Å². The topological polar surface area (TPSA) is 227 Å². The summed E-state index contributed by atoms with van der Waals surface area (Å²) in [5, 5.41) is 5.50. The molecule has 6 atom stereocenters. The van der Waals surface area contributed by atoms with E-state index < -0.39 is 35.3 Å². The second kappa shape index (κ2) is 15.5. The highest BCUT2D eigenvalue weighted by Gasteiger charge is 2.58. The zero-order chi connectivity index (χ0) is 44.7. The number of ether oxygens (including phenoxy) is 2. The highest BCUT2D eigenvalue weighted by molar-refractivity contribution is 6.06. The van der Waals surface area contributed by atoms with E-state index in [0.717, 1.165) is 72.2 Å². The molecular formula is C46H52N10O8. The fraction of sp³-hybridized carbons (Fsp3) is 0.478. The number of H-pyrrole nitrogens is 2. The Balaban J connectivity index is 0.942. The lowest BCUT2D eigenvalue weighted by molar-refractivity contribution is -0.141. The molecular weight excluding hydrogens is 821 g/mol. The molecule has 4 N–H and O–H groups in total. The van der Waals surface area contributed by atoms with Crippen molar-refractivity contribution in [2.45, 2.75) is 89.4 Å².